The summed E-state index contributed by atoms with van der Waals surface area (Å²) in [6.45, 7) is 3.03. The predicted octanol–water partition coefficient (Wildman–Crippen LogP) is 4.18. The number of nitrogens with one attached hydrogen (secondary N) is 1. The summed E-state index contributed by atoms with van der Waals surface area (Å²) in [6.07, 6.45) is 5.92. The molecule has 1 aliphatic rings. The van der Waals surface area contributed by atoms with Gasteiger partial charge in [-0.3, -0.25) is 0 Å². The first kappa shape index (κ1) is 20.0. The van der Waals surface area contributed by atoms with Crippen molar-refractivity contribution in [1.82, 2.24) is 19.8 Å². The van der Waals surface area contributed by atoms with Crippen LogP contribution in [0.1, 0.15) is 18.4 Å². The number of aromatic nitrogens is 2. The minimum absolute atomic E-state index is 0.0110. The molecule has 3 aromatic rings. The summed E-state index contributed by atoms with van der Waals surface area (Å²) >= 11 is 0. The Bertz CT molecular complexity index is 945. The van der Waals surface area contributed by atoms with Gasteiger partial charge in [-0.15, -0.1) is 0 Å². The van der Waals surface area contributed by atoms with E-state index in [0.29, 0.717) is 12.5 Å². The maximum Gasteiger partial charge on any atom is 0.317 e. The molecule has 0 unspecified atom stereocenters. The molecule has 0 bridgehead atoms. The van der Waals surface area contributed by atoms with Crippen LogP contribution >= 0.6 is 0 Å². The third-order valence-corrected chi connectivity index (χ3v) is 5.71. The Labute approximate surface area is 177 Å². The van der Waals surface area contributed by atoms with E-state index in [2.05, 4.69) is 33.2 Å². The summed E-state index contributed by atoms with van der Waals surface area (Å²) < 4.78 is 7.40. The number of urea groups is 1. The second-order valence-corrected chi connectivity index (χ2v) is 7.71. The molecular formula is C24H28N4O2. The number of rotatable bonds is 6. The normalized spacial score (nSPS) is 14.5. The van der Waals surface area contributed by atoms with Gasteiger partial charge >= 0.3 is 6.03 Å². The van der Waals surface area contributed by atoms with Crippen LogP contribution < -0.4 is 10.1 Å². The van der Waals surface area contributed by atoms with Crippen LogP contribution in [0.2, 0.25) is 0 Å². The molecule has 1 aromatic heterocycles. The molecule has 1 aliphatic heterocycles. The summed E-state index contributed by atoms with van der Waals surface area (Å²) in [5, 5.41) is 3.03. The molecule has 0 saturated carbocycles. The minimum Gasteiger partial charge on any atom is -0.497 e. The number of likely N-dealkylation sites (tertiary alicyclic amines) is 1. The molecule has 1 fully saturated rings. The Morgan fingerprint density at radius 1 is 1.10 bits per heavy atom. The first-order chi connectivity index (χ1) is 14.7. The highest BCUT2D eigenvalue weighted by molar-refractivity contribution is 5.74. The van der Waals surface area contributed by atoms with E-state index in [9.17, 15) is 4.79 Å². The molecule has 30 heavy (non-hydrogen) atoms. The molecule has 0 radical (unpaired) electrons. The minimum atomic E-state index is 0.0110. The third kappa shape index (κ3) is 4.82. The maximum atomic E-state index is 12.5. The number of benzene rings is 2. The molecular weight excluding hydrogens is 376 g/mol. The average molecular weight is 405 g/mol. The van der Waals surface area contributed by atoms with Crippen molar-refractivity contribution in [2.45, 2.75) is 25.9 Å². The van der Waals surface area contributed by atoms with Crippen LogP contribution in [-0.2, 0) is 13.1 Å². The Morgan fingerprint density at radius 2 is 1.83 bits per heavy atom. The Kier molecular flexibility index (Phi) is 6.32. The van der Waals surface area contributed by atoms with Crippen LogP contribution in [0, 0.1) is 5.92 Å². The zero-order valence-corrected chi connectivity index (χ0v) is 17.3. The number of hydrogen-bond donors (Lipinski definition) is 1. The van der Waals surface area contributed by atoms with Crippen LogP contribution in [0.3, 0.4) is 0 Å². The van der Waals surface area contributed by atoms with Gasteiger partial charge in [-0.05, 0) is 36.5 Å². The fraction of sp³-hybridized carbons (Fsp3) is 0.333. The van der Waals surface area contributed by atoms with E-state index in [1.54, 1.807) is 7.11 Å². The number of piperidine rings is 1. The zero-order chi connectivity index (χ0) is 20.8. The molecule has 4 rings (SSSR count). The number of imidazole rings is 1. The third-order valence-electron chi connectivity index (χ3n) is 5.71. The van der Waals surface area contributed by atoms with Gasteiger partial charge in [0.2, 0.25) is 0 Å². The molecule has 6 nitrogen and oxygen atoms in total. The van der Waals surface area contributed by atoms with Gasteiger partial charge in [-0.1, -0.05) is 42.5 Å². The summed E-state index contributed by atoms with van der Waals surface area (Å²) in [4.78, 5) is 19.0. The summed E-state index contributed by atoms with van der Waals surface area (Å²) in [7, 11) is 1.65. The number of amides is 2. The number of methoxy groups -OCH3 is 1. The first-order valence-electron chi connectivity index (χ1n) is 10.4. The van der Waals surface area contributed by atoms with E-state index >= 15 is 0 Å². The Hall–Kier alpha value is -3.28. The van der Waals surface area contributed by atoms with Gasteiger partial charge in [0.05, 0.1) is 7.11 Å². The molecule has 2 aromatic carbocycles. The van der Waals surface area contributed by atoms with Crippen molar-refractivity contribution < 1.29 is 9.53 Å². The summed E-state index contributed by atoms with van der Waals surface area (Å²) in [6, 6.07) is 18.1. The van der Waals surface area contributed by atoms with Crippen molar-refractivity contribution in [3.05, 3.63) is 72.6 Å². The first-order valence-corrected chi connectivity index (χ1v) is 10.4. The molecule has 2 heterocycles. The van der Waals surface area contributed by atoms with E-state index in [1.807, 2.05) is 53.6 Å². The predicted molar refractivity (Wildman–Crippen MR) is 117 cm³/mol. The van der Waals surface area contributed by atoms with Crippen molar-refractivity contribution in [3.63, 3.8) is 0 Å². The number of ether oxygens (including phenoxy) is 1. The van der Waals surface area contributed by atoms with Gasteiger partial charge in [0.15, 0.2) is 0 Å². The van der Waals surface area contributed by atoms with E-state index in [-0.39, 0.29) is 6.03 Å². The van der Waals surface area contributed by atoms with Crippen molar-refractivity contribution >= 4 is 6.03 Å². The zero-order valence-electron chi connectivity index (χ0n) is 17.3. The second-order valence-electron chi connectivity index (χ2n) is 7.71. The lowest BCUT2D eigenvalue weighted by Crippen LogP contribution is -2.44. The van der Waals surface area contributed by atoms with Crippen molar-refractivity contribution in [2.75, 3.05) is 20.2 Å². The summed E-state index contributed by atoms with van der Waals surface area (Å²) in [5.41, 5.74) is 2.20. The lowest BCUT2D eigenvalue weighted by Gasteiger charge is -2.32. The van der Waals surface area contributed by atoms with Crippen molar-refractivity contribution in [2.24, 2.45) is 5.92 Å². The molecule has 0 spiro atoms. The van der Waals surface area contributed by atoms with Gasteiger partial charge in [-0.25, -0.2) is 9.78 Å². The summed E-state index contributed by atoms with van der Waals surface area (Å²) in [5.74, 6) is 2.38. The standard InChI is InChI=1S/C24H28N4O2/c1-30-22-9-7-19(8-10-22)17-26-24(29)27-14-11-20(12-15-27)18-28-16-13-25-23(28)21-5-3-2-4-6-21/h2-10,13,16,20H,11-12,14-15,17-18H2,1H3,(H,26,29). The highest BCUT2D eigenvalue weighted by atomic mass is 16.5. The quantitative estimate of drug-likeness (QED) is 0.670. The average Bonchev–Trinajstić information content (AvgIpc) is 3.27. The monoisotopic (exact) mass is 404 g/mol. The fourth-order valence-electron chi connectivity index (χ4n) is 3.93. The van der Waals surface area contributed by atoms with Crippen molar-refractivity contribution in [1.29, 1.82) is 0 Å². The van der Waals surface area contributed by atoms with Crippen molar-refractivity contribution in [3.8, 4) is 17.1 Å². The van der Waals surface area contributed by atoms with E-state index in [4.69, 9.17) is 4.74 Å². The molecule has 0 aliphatic carbocycles. The van der Waals surface area contributed by atoms with Gasteiger partial charge in [-0.2, -0.15) is 0 Å². The number of carbonyl (C=O) groups excluding carboxylic acids is 1. The highest BCUT2D eigenvalue weighted by Crippen LogP contribution is 2.23. The lowest BCUT2D eigenvalue weighted by atomic mass is 9.97. The molecule has 6 heteroatoms. The molecule has 156 valence electrons. The van der Waals surface area contributed by atoms with E-state index in [0.717, 1.165) is 55.2 Å². The number of nitrogens with zero attached hydrogens (tertiary/aromatic N) is 3. The maximum absolute atomic E-state index is 12.5. The van der Waals surface area contributed by atoms with Crippen LogP contribution in [0.15, 0.2) is 67.0 Å². The van der Waals surface area contributed by atoms with Crippen LogP contribution in [0.4, 0.5) is 4.79 Å². The molecule has 1 N–H and O–H groups in total. The van der Waals surface area contributed by atoms with E-state index in [1.165, 1.54) is 0 Å². The molecule has 0 atom stereocenters. The number of carbonyl (C=O) groups is 1. The van der Waals surface area contributed by atoms with Gasteiger partial charge in [0.1, 0.15) is 11.6 Å². The highest BCUT2D eigenvalue weighted by Gasteiger charge is 2.23. The Morgan fingerprint density at radius 3 is 2.53 bits per heavy atom. The van der Waals surface area contributed by atoms with E-state index < -0.39 is 0 Å². The largest absolute Gasteiger partial charge is 0.497 e. The molecule has 2 amide bonds. The smallest absolute Gasteiger partial charge is 0.317 e. The van der Waals surface area contributed by atoms with Gasteiger partial charge in [0.25, 0.3) is 0 Å². The van der Waals surface area contributed by atoms with Gasteiger partial charge in [0, 0.05) is 44.1 Å². The Balaban J connectivity index is 1.26. The van der Waals surface area contributed by atoms with Crippen LogP contribution in [0.25, 0.3) is 11.4 Å². The van der Waals surface area contributed by atoms with Gasteiger partial charge < -0.3 is 19.5 Å². The second kappa shape index (κ2) is 9.48. The molecule has 1 saturated heterocycles. The SMILES string of the molecule is COc1ccc(CNC(=O)N2CCC(Cn3ccnc3-c3ccccc3)CC2)cc1. The van der Waals surface area contributed by atoms with Crippen LogP contribution in [-0.4, -0.2) is 40.7 Å². The topological polar surface area (TPSA) is 59.4 Å². The number of hydrogen-bond acceptors (Lipinski definition) is 3. The lowest BCUT2D eigenvalue weighted by molar-refractivity contribution is 0.165. The fourth-order valence-corrected chi connectivity index (χ4v) is 3.93. The van der Waals surface area contributed by atoms with Crippen LogP contribution in [0.5, 0.6) is 5.75 Å².